The second kappa shape index (κ2) is 4.74. The van der Waals surface area contributed by atoms with E-state index in [2.05, 4.69) is 20.1 Å². The van der Waals surface area contributed by atoms with Crippen molar-refractivity contribution < 1.29 is 0 Å². The second-order valence-corrected chi connectivity index (χ2v) is 5.32. The largest absolute Gasteiger partial charge is 0.327 e. The van der Waals surface area contributed by atoms with E-state index in [4.69, 9.17) is 5.73 Å². The van der Waals surface area contributed by atoms with Gasteiger partial charge in [-0.15, -0.1) is 0 Å². The number of piperidine rings is 1. The van der Waals surface area contributed by atoms with Crippen LogP contribution < -0.4 is 11.1 Å². The van der Waals surface area contributed by atoms with Crippen LogP contribution in [0, 0.1) is 5.92 Å². The van der Waals surface area contributed by atoms with Crippen molar-refractivity contribution in [1.29, 1.82) is 0 Å². The molecule has 1 aromatic heterocycles. The minimum Gasteiger partial charge on any atom is -0.327 e. The summed E-state index contributed by atoms with van der Waals surface area (Å²) in [6.07, 6.45) is 5.46. The summed E-state index contributed by atoms with van der Waals surface area (Å²) in [5.74, 6) is 2.88. The van der Waals surface area contributed by atoms with E-state index < -0.39 is 0 Å². The first-order valence-corrected chi connectivity index (χ1v) is 6.70. The first kappa shape index (κ1) is 11.2. The van der Waals surface area contributed by atoms with E-state index in [9.17, 15) is 0 Å². The fourth-order valence-corrected chi connectivity index (χ4v) is 2.81. The van der Waals surface area contributed by atoms with E-state index in [1.807, 2.05) is 0 Å². The molecule has 3 heterocycles. The Morgan fingerprint density at radius 2 is 2.12 bits per heavy atom. The molecule has 3 rings (SSSR count). The topological polar surface area (TPSA) is 68.8 Å². The van der Waals surface area contributed by atoms with Crippen LogP contribution in [0.3, 0.4) is 0 Å². The molecule has 0 aliphatic carbocycles. The molecular formula is C12H21N5. The third kappa shape index (κ3) is 2.50. The van der Waals surface area contributed by atoms with Crippen molar-refractivity contribution >= 4 is 0 Å². The molecule has 1 unspecified atom stereocenters. The van der Waals surface area contributed by atoms with Crippen molar-refractivity contribution in [3.05, 3.63) is 11.6 Å². The Morgan fingerprint density at radius 1 is 1.29 bits per heavy atom. The van der Waals surface area contributed by atoms with Gasteiger partial charge in [0.1, 0.15) is 5.82 Å². The maximum Gasteiger partial charge on any atom is 0.151 e. The molecule has 5 nitrogen and oxygen atoms in total. The van der Waals surface area contributed by atoms with Crippen molar-refractivity contribution in [1.82, 2.24) is 20.1 Å². The molecule has 17 heavy (non-hydrogen) atoms. The van der Waals surface area contributed by atoms with E-state index in [0.29, 0.717) is 0 Å². The predicted octanol–water partition coefficient (Wildman–Crippen LogP) is 0.0937. The van der Waals surface area contributed by atoms with Crippen LogP contribution in [0.15, 0.2) is 0 Å². The predicted molar refractivity (Wildman–Crippen MR) is 65.6 cm³/mol. The van der Waals surface area contributed by atoms with Crippen molar-refractivity contribution in [2.75, 3.05) is 13.1 Å². The maximum absolute atomic E-state index is 5.95. The number of aromatic nitrogens is 3. The summed E-state index contributed by atoms with van der Waals surface area (Å²) in [7, 11) is 0. The molecule has 3 N–H and O–H groups in total. The molecule has 1 atom stereocenters. The fraction of sp³-hybridized carbons (Fsp3) is 0.833. The Kier molecular flexibility index (Phi) is 3.11. The number of hydrogen-bond donors (Lipinski definition) is 2. The highest BCUT2D eigenvalue weighted by Gasteiger charge is 2.21. The zero-order valence-corrected chi connectivity index (χ0v) is 10.2. The van der Waals surface area contributed by atoms with E-state index in [-0.39, 0.29) is 6.04 Å². The van der Waals surface area contributed by atoms with Crippen molar-refractivity contribution in [3.8, 4) is 0 Å². The number of hydrogen-bond acceptors (Lipinski definition) is 4. The molecule has 5 heteroatoms. The average molecular weight is 235 g/mol. The summed E-state index contributed by atoms with van der Waals surface area (Å²) in [5, 5.41) is 8.00. The maximum atomic E-state index is 5.95. The van der Waals surface area contributed by atoms with Gasteiger partial charge in [-0.25, -0.2) is 9.67 Å². The molecule has 0 radical (unpaired) electrons. The van der Waals surface area contributed by atoms with Crippen molar-refractivity contribution in [2.45, 2.75) is 44.7 Å². The standard InChI is InChI=1S/C12H21N5/c13-10-3-6-17-12(8-10)15-11(16-17)7-9-1-4-14-5-2-9/h9-10,14H,1-8,13H2. The Morgan fingerprint density at radius 3 is 2.94 bits per heavy atom. The zero-order chi connectivity index (χ0) is 11.7. The lowest BCUT2D eigenvalue weighted by Crippen LogP contribution is -2.31. The highest BCUT2D eigenvalue weighted by Crippen LogP contribution is 2.18. The number of fused-ring (bicyclic) bond motifs is 1. The minimum absolute atomic E-state index is 0.276. The zero-order valence-electron chi connectivity index (χ0n) is 10.2. The summed E-state index contributed by atoms with van der Waals surface area (Å²) in [5.41, 5.74) is 5.95. The number of aryl methyl sites for hydroxylation is 1. The molecule has 1 saturated heterocycles. The van der Waals surface area contributed by atoms with Gasteiger partial charge in [0.05, 0.1) is 0 Å². The van der Waals surface area contributed by atoms with E-state index in [1.165, 1.54) is 12.8 Å². The number of nitrogens with zero attached hydrogens (tertiary/aromatic N) is 3. The summed E-state index contributed by atoms with van der Waals surface area (Å²) in [6.45, 7) is 3.22. The Balaban J connectivity index is 1.67. The van der Waals surface area contributed by atoms with Gasteiger partial charge >= 0.3 is 0 Å². The molecule has 0 saturated carbocycles. The van der Waals surface area contributed by atoms with E-state index in [1.54, 1.807) is 0 Å². The summed E-state index contributed by atoms with van der Waals surface area (Å²) in [4.78, 5) is 4.65. The highest BCUT2D eigenvalue weighted by atomic mass is 15.4. The smallest absolute Gasteiger partial charge is 0.151 e. The molecule has 2 aliphatic heterocycles. The summed E-state index contributed by atoms with van der Waals surface area (Å²) in [6, 6.07) is 0.276. The van der Waals surface area contributed by atoms with Crippen molar-refractivity contribution in [3.63, 3.8) is 0 Å². The molecule has 1 fully saturated rings. The first-order valence-electron chi connectivity index (χ1n) is 6.70. The number of nitrogens with one attached hydrogen (secondary N) is 1. The Hall–Kier alpha value is -0.940. The molecule has 0 amide bonds. The Labute approximate surface area is 102 Å². The minimum atomic E-state index is 0.276. The highest BCUT2D eigenvalue weighted by molar-refractivity contribution is 4.99. The third-order valence-corrected chi connectivity index (χ3v) is 3.88. The average Bonchev–Trinajstić information content (AvgIpc) is 2.71. The fourth-order valence-electron chi connectivity index (χ4n) is 2.81. The van der Waals surface area contributed by atoms with E-state index in [0.717, 1.165) is 56.5 Å². The molecule has 2 aliphatic rings. The van der Waals surface area contributed by atoms with Crippen LogP contribution in [-0.4, -0.2) is 33.9 Å². The number of nitrogens with two attached hydrogens (primary N) is 1. The third-order valence-electron chi connectivity index (χ3n) is 3.88. The number of rotatable bonds is 2. The molecule has 94 valence electrons. The Bertz CT molecular complexity index is 380. The van der Waals surface area contributed by atoms with Crippen LogP contribution >= 0.6 is 0 Å². The van der Waals surface area contributed by atoms with Gasteiger partial charge < -0.3 is 11.1 Å². The lowest BCUT2D eigenvalue weighted by atomic mass is 9.94. The summed E-state index contributed by atoms with van der Waals surface area (Å²) >= 11 is 0. The van der Waals surface area contributed by atoms with Crippen LogP contribution in [-0.2, 0) is 19.4 Å². The van der Waals surface area contributed by atoms with Gasteiger partial charge in [0.25, 0.3) is 0 Å². The van der Waals surface area contributed by atoms with Crippen LogP contribution in [0.1, 0.15) is 30.9 Å². The van der Waals surface area contributed by atoms with Gasteiger partial charge in [0, 0.05) is 25.4 Å². The molecule has 1 aromatic rings. The van der Waals surface area contributed by atoms with Gasteiger partial charge in [-0.1, -0.05) is 0 Å². The normalized spacial score (nSPS) is 25.8. The van der Waals surface area contributed by atoms with Crippen LogP contribution in [0.25, 0.3) is 0 Å². The van der Waals surface area contributed by atoms with Gasteiger partial charge in [-0.05, 0) is 38.3 Å². The molecular weight excluding hydrogens is 214 g/mol. The lowest BCUT2D eigenvalue weighted by Gasteiger charge is -2.21. The van der Waals surface area contributed by atoms with Gasteiger partial charge in [0.2, 0.25) is 0 Å². The van der Waals surface area contributed by atoms with Gasteiger partial charge in [0.15, 0.2) is 5.82 Å². The van der Waals surface area contributed by atoms with E-state index >= 15 is 0 Å². The van der Waals surface area contributed by atoms with Crippen LogP contribution in [0.2, 0.25) is 0 Å². The van der Waals surface area contributed by atoms with Gasteiger partial charge in [-0.3, -0.25) is 0 Å². The first-order chi connectivity index (χ1) is 8.31. The van der Waals surface area contributed by atoms with Crippen LogP contribution in [0.4, 0.5) is 0 Å². The SMILES string of the molecule is NC1CCn2nc(CC3CCNCC3)nc2C1. The monoisotopic (exact) mass is 235 g/mol. The quantitative estimate of drug-likeness (QED) is 0.762. The summed E-state index contributed by atoms with van der Waals surface area (Å²) < 4.78 is 2.06. The second-order valence-electron chi connectivity index (χ2n) is 5.32. The lowest BCUT2D eigenvalue weighted by molar-refractivity contribution is 0.366. The molecule has 0 aromatic carbocycles. The van der Waals surface area contributed by atoms with Crippen LogP contribution in [0.5, 0.6) is 0 Å². The molecule has 0 spiro atoms. The molecule has 0 bridgehead atoms. The van der Waals surface area contributed by atoms with Gasteiger partial charge in [-0.2, -0.15) is 5.10 Å². The van der Waals surface area contributed by atoms with Crippen molar-refractivity contribution in [2.24, 2.45) is 11.7 Å².